The van der Waals surface area contributed by atoms with Crippen molar-refractivity contribution in [2.45, 2.75) is 37.3 Å². The van der Waals surface area contributed by atoms with E-state index in [9.17, 15) is 8.78 Å². The Bertz CT molecular complexity index is 1710. The van der Waals surface area contributed by atoms with E-state index in [1.54, 1.807) is 4.90 Å². The summed E-state index contributed by atoms with van der Waals surface area (Å²) in [6, 6.07) is 3.72. The molecule has 39 heavy (non-hydrogen) atoms. The molecular formula is C24H23F4N9O2. The summed E-state index contributed by atoms with van der Waals surface area (Å²) in [6.07, 6.45) is -4.31. The average molecular weight is 547 g/mol. The Balaban J connectivity index is 1.39. The maximum Gasteiger partial charge on any atom is 0.334 e. The summed E-state index contributed by atoms with van der Waals surface area (Å²) in [7, 11) is 1.32. The number of alkyl halides is 3. The first-order chi connectivity index (χ1) is 19.2. The van der Waals surface area contributed by atoms with Crippen molar-refractivity contribution in [1.29, 1.82) is 0 Å². The van der Waals surface area contributed by atoms with Crippen molar-refractivity contribution < 1.29 is 28.4 Å². The summed E-state index contributed by atoms with van der Waals surface area (Å²) in [5.74, 6) is -0.986. The van der Waals surface area contributed by atoms with Crippen LogP contribution in [0.3, 0.4) is 0 Å². The predicted molar refractivity (Wildman–Crippen MR) is 129 cm³/mol. The molecular weight excluding hydrogens is 522 g/mol. The molecule has 15 heteroatoms. The van der Waals surface area contributed by atoms with Crippen LogP contribution in [0.4, 0.5) is 17.6 Å². The molecule has 2 saturated heterocycles. The van der Waals surface area contributed by atoms with Gasteiger partial charge in [-0.05, 0) is 24.1 Å². The third-order valence-electron chi connectivity index (χ3n) is 7.08. The lowest BCUT2D eigenvalue weighted by Crippen LogP contribution is -2.64. The summed E-state index contributed by atoms with van der Waals surface area (Å²) in [4.78, 5) is 14.1. The Morgan fingerprint density at radius 3 is 2.90 bits per heavy atom. The van der Waals surface area contributed by atoms with Crippen LogP contribution >= 0.6 is 0 Å². The standard InChI is InChI=1S/C24H23F4N9O2/c1-29-24(11-39-12-24)35-6-5-16(14(25)8-35)30-23-31-22(38-2)21-20(15(26)9-37(21)33-23)13-3-4-17-18(7-13)36(34-32-17)10-19(27)28/h3-4,7,9,14,16,19H,5-6,8,10-12H2,2H3,(H,30,33)/t14-,16+/m1/s1/i9D. The first kappa shape index (κ1) is 24.0. The number of hydrogen-bond donors (Lipinski definition) is 1. The topological polar surface area (TPSA) is 102 Å². The summed E-state index contributed by atoms with van der Waals surface area (Å²) in [5, 5.41) is 10.4. The SMILES string of the molecule is [2H]c1c(F)c(-c2ccc3nnn(CC(F)F)c3c2)c2c(OC)nc(=N[C@H]3CCN(C4([N+]#[C-])COC4)C[C@H]3F)[nH]n12. The monoisotopic (exact) mass is 546 g/mol. The van der Waals surface area contributed by atoms with Gasteiger partial charge in [0.15, 0.2) is 5.82 Å². The number of methoxy groups -OCH3 is 1. The van der Waals surface area contributed by atoms with Gasteiger partial charge in [-0.2, -0.15) is 4.98 Å². The Labute approximate surface area is 219 Å². The lowest BCUT2D eigenvalue weighted by Gasteiger charge is -2.43. The number of hydrogen-bond acceptors (Lipinski definition) is 7. The lowest BCUT2D eigenvalue weighted by atomic mass is 9.98. The number of halogens is 4. The molecule has 11 nitrogen and oxygen atoms in total. The summed E-state index contributed by atoms with van der Waals surface area (Å²) >= 11 is 0. The Morgan fingerprint density at radius 2 is 2.23 bits per heavy atom. The number of nitrogens with one attached hydrogen (secondary N) is 1. The summed E-state index contributed by atoms with van der Waals surface area (Å²) < 4.78 is 77.8. The van der Waals surface area contributed by atoms with E-state index in [0.717, 1.165) is 9.20 Å². The van der Waals surface area contributed by atoms with Gasteiger partial charge in [-0.3, -0.25) is 14.5 Å². The van der Waals surface area contributed by atoms with Gasteiger partial charge >= 0.3 is 5.66 Å². The maximum absolute atomic E-state index is 15.5. The molecule has 0 saturated carbocycles. The Kier molecular flexibility index (Phi) is 5.93. The van der Waals surface area contributed by atoms with Crippen LogP contribution in [0.15, 0.2) is 29.4 Å². The molecule has 6 rings (SSSR count). The second-order valence-corrected chi connectivity index (χ2v) is 9.44. The number of rotatable bonds is 6. The molecule has 3 aromatic heterocycles. The molecule has 0 radical (unpaired) electrons. The van der Waals surface area contributed by atoms with Gasteiger partial charge < -0.3 is 9.47 Å². The highest BCUT2D eigenvalue weighted by Crippen LogP contribution is 2.34. The molecule has 2 fully saturated rings. The summed E-state index contributed by atoms with van der Waals surface area (Å²) in [6.45, 7) is 7.70. The number of piperidine rings is 1. The average Bonchev–Trinajstić information content (AvgIpc) is 3.42. The van der Waals surface area contributed by atoms with Gasteiger partial charge in [0.25, 0.3) is 6.43 Å². The molecule has 0 bridgehead atoms. The van der Waals surface area contributed by atoms with Crippen molar-refractivity contribution in [2.75, 3.05) is 33.4 Å². The van der Waals surface area contributed by atoms with Crippen molar-refractivity contribution in [1.82, 2.24) is 34.5 Å². The largest absolute Gasteiger partial charge is 0.479 e. The molecule has 1 N–H and O–H groups in total. The maximum atomic E-state index is 15.5. The minimum absolute atomic E-state index is 0.00472. The van der Waals surface area contributed by atoms with Gasteiger partial charge in [-0.1, -0.05) is 11.3 Å². The zero-order valence-corrected chi connectivity index (χ0v) is 20.6. The normalized spacial score (nSPS) is 22.3. The fraction of sp³-hybridized carbons (Fsp3) is 0.458. The third-order valence-corrected chi connectivity index (χ3v) is 7.08. The highest BCUT2D eigenvalue weighted by atomic mass is 19.3. The Morgan fingerprint density at radius 1 is 1.41 bits per heavy atom. The van der Waals surface area contributed by atoms with Gasteiger partial charge in [0.2, 0.25) is 11.5 Å². The van der Waals surface area contributed by atoms with Crippen LogP contribution in [0.2, 0.25) is 0 Å². The molecule has 4 aromatic rings. The number of H-pyrrole nitrogens is 1. The third kappa shape index (κ3) is 4.29. The molecule has 2 aliphatic heterocycles. The molecule has 204 valence electrons. The zero-order valence-electron chi connectivity index (χ0n) is 21.6. The fourth-order valence-corrected chi connectivity index (χ4v) is 5.01. The number of fused-ring (bicyclic) bond motifs is 2. The fourth-order valence-electron chi connectivity index (χ4n) is 5.01. The van der Waals surface area contributed by atoms with Gasteiger partial charge in [0, 0.05) is 13.1 Å². The van der Waals surface area contributed by atoms with Gasteiger partial charge in [0.1, 0.15) is 37.0 Å². The van der Waals surface area contributed by atoms with E-state index in [2.05, 4.69) is 30.2 Å². The van der Waals surface area contributed by atoms with Crippen molar-refractivity contribution in [2.24, 2.45) is 4.99 Å². The highest BCUT2D eigenvalue weighted by molar-refractivity contribution is 5.89. The zero-order chi connectivity index (χ0) is 28.2. The molecule has 0 amide bonds. The van der Waals surface area contributed by atoms with Crippen LogP contribution in [0.1, 0.15) is 7.79 Å². The molecule has 0 spiro atoms. The van der Waals surface area contributed by atoms with E-state index >= 15 is 8.78 Å². The number of benzene rings is 1. The van der Waals surface area contributed by atoms with E-state index in [0.29, 0.717) is 18.5 Å². The first-order valence-electron chi connectivity index (χ1n) is 12.6. The minimum atomic E-state index is -2.67. The van der Waals surface area contributed by atoms with Crippen molar-refractivity contribution in [3.05, 3.63) is 47.2 Å². The lowest BCUT2D eigenvalue weighted by molar-refractivity contribution is -0.127. The van der Waals surface area contributed by atoms with Gasteiger partial charge in [-0.15, -0.1) is 5.10 Å². The number of ether oxygens (including phenoxy) is 2. The molecule has 5 heterocycles. The van der Waals surface area contributed by atoms with Crippen molar-refractivity contribution in [3.8, 4) is 17.0 Å². The number of aromatic amines is 1. The van der Waals surface area contributed by atoms with Crippen molar-refractivity contribution >= 4 is 16.6 Å². The van der Waals surface area contributed by atoms with Crippen LogP contribution in [-0.4, -0.2) is 92.2 Å². The molecule has 2 atom stereocenters. The second-order valence-electron chi connectivity index (χ2n) is 9.44. The van der Waals surface area contributed by atoms with Crippen LogP contribution in [0.25, 0.3) is 32.5 Å². The molecule has 0 unspecified atom stereocenters. The summed E-state index contributed by atoms with van der Waals surface area (Å²) in [5.41, 5.74) is -0.00373. The van der Waals surface area contributed by atoms with E-state index in [-0.39, 0.29) is 53.4 Å². The van der Waals surface area contributed by atoms with Gasteiger partial charge in [0.05, 0.1) is 31.8 Å². The van der Waals surface area contributed by atoms with E-state index in [1.807, 2.05) is 0 Å². The van der Waals surface area contributed by atoms with Crippen LogP contribution < -0.4 is 10.4 Å². The molecule has 2 aliphatic rings. The van der Waals surface area contributed by atoms with Crippen LogP contribution in [0, 0.1) is 12.4 Å². The van der Waals surface area contributed by atoms with E-state index in [1.165, 1.54) is 25.3 Å². The quantitative estimate of drug-likeness (QED) is 0.295. The first-order valence-corrected chi connectivity index (χ1v) is 12.1. The Hall–Kier alpha value is -4.03. The number of aromatic nitrogens is 6. The molecule has 1 aromatic carbocycles. The minimum Gasteiger partial charge on any atom is -0.479 e. The highest BCUT2D eigenvalue weighted by Gasteiger charge is 2.53. The van der Waals surface area contributed by atoms with E-state index < -0.39 is 42.8 Å². The predicted octanol–water partition coefficient (Wildman–Crippen LogP) is 2.45. The number of likely N-dealkylation sites (tertiary alicyclic amines) is 1. The van der Waals surface area contributed by atoms with E-state index in [4.69, 9.17) is 17.4 Å². The van der Waals surface area contributed by atoms with Crippen LogP contribution in [0.5, 0.6) is 5.88 Å². The number of nitrogens with zero attached hydrogens (tertiary/aromatic N) is 8. The van der Waals surface area contributed by atoms with Gasteiger partial charge in [-0.25, -0.2) is 38.7 Å². The second kappa shape index (κ2) is 9.62. The molecule has 0 aliphatic carbocycles. The van der Waals surface area contributed by atoms with Crippen LogP contribution in [-0.2, 0) is 11.3 Å². The van der Waals surface area contributed by atoms with Crippen molar-refractivity contribution in [3.63, 3.8) is 0 Å². The smallest absolute Gasteiger partial charge is 0.334 e.